The summed E-state index contributed by atoms with van der Waals surface area (Å²) >= 11 is 1.14. The Morgan fingerprint density at radius 1 is 1.29 bits per heavy atom. The molecular formula is C15H16N2O3S. The van der Waals surface area contributed by atoms with Gasteiger partial charge in [0.1, 0.15) is 4.88 Å². The zero-order valence-corrected chi connectivity index (χ0v) is 12.9. The van der Waals surface area contributed by atoms with Gasteiger partial charge >= 0.3 is 5.97 Å². The maximum Gasteiger partial charge on any atom is 0.358 e. The molecule has 21 heavy (non-hydrogen) atoms. The summed E-state index contributed by atoms with van der Waals surface area (Å²) in [6.45, 7) is 3.49. The van der Waals surface area contributed by atoms with E-state index in [1.54, 1.807) is 0 Å². The summed E-state index contributed by atoms with van der Waals surface area (Å²) in [7, 11) is 1.27. The minimum absolute atomic E-state index is 0.0580. The van der Waals surface area contributed by atoms with E-state index in [2.05, 4.69) is 22.0 Å². The standard InChI is InChI=1S/C15H16N2O3S/c1-4-10-5-7-11(8-6-10)16-15-17-12(14(19)20-3)13(21-15)9(2)18/h5-8H,4H2,1-3H3,(H,16,17). The number of thiazole rings is 1. The molecule has 0 saturated heterocycles. The molecule has 0 spiro atoms. The van der Waals surface area contributed by atoms with Crippen molar-refractivity contribution in [3.63, 3.8) is 0 Å². The Hall–Kier alpha value is -2.21. The molecule has 0 bridgehead atoms. The van der Waals surface area contributed by atoms with E-state index in [1.165, 1.54) is 19.6 Å². The first kappa shape index (κ1) is 15.2. The fraction of sp³-hybridized carbons (Fsp3) is 0.267. The van der Waals surface area contributed by atoms with E-state index in [9.17, 15) is 9.59 Å². The van der Waals surface area contributed by atoms with Crippen LogP contribution < -0.4 is 5.32 Å². The lowest BCUT2D eigenvalue weighted by Gasteiger charge is -2.03. The molecule has 2 rings (SSSR count). The van der Waals surface area contributed by atoms with E-state index in [0.29, 0.717) is 10.0 Å². The highest BCUT2D eigenvalue weighted by atomic mass is 32.1. The van der Waals surface area contributed by atoms with Gasteiger partial charge in [0.2, 0.25) is 0 Å². The van der Waals surface area contributed by atoms with E-state index >= 15 is 0 Å². The zero-order chi connectivity index (χ0) is 15.4. The van der Waals surface area contributed by atoms with Crippen LogP contribution in [0.4, 0.5) is 10.8 Å². The SMILES string of the molecule is CCc1ccc(Nc2nc(C(=O)OC)c(C(C)=O)s2)cc1. The predicted octanol–water partition coefficient (Wildman–Crippen LogP) is 3.44. The van der Waals surface area contributed by atoms with Crippen molar-refractivity contribution in [2.45, 2.75) is 20.3 Å². The number of esters is 1. The van der Waals surface area contributed by atoms with Crippen LogP contribution in [0, 0.1) is 0 Å². The second-order valence-corrected chi connectivity index (χ2v) is 5.42. The van der Waals surface area contributed by atoms with Crippen molar-refractivity contribution >= 4 is 33.9 Å². The molecule has 0 fully saturated rings. The average molecular weight is 304 g/mol. The van der Waals surface area contributed by atoms with Gasteiger partial charge in [-0.3, -0.25) is 4.79 Å². The van der Waals surface area contributed by atoms with Crippen molar-refractivity contribution < 1.29 is 14.3 Å². The fourth-order valence-corrected chi connectivity index (χ4v) is 2.66. The Morgan fingerprint density at radius 3 is 2.48 bits per heavy atom. The van der Waals surface area contributed by atoms with Crippen LogP contribution in [-0.4, -0.2) is 23.8 Å². The summed E-state index contributed by atoms with van der Waals surface area (Å²) in [4.78, 5) is 27.7. The van der Waals surface area contributed by atoms with Crippen molar-refractivity contribution in [1.29, 1.82) is 0 Å². The van der Waals surface area contributed by atoms with Crippen molar-refractivity contribution in [3.05, 3.63) is 40.4 Å². The minimum atomic E-state index is -0.606. The Morgan fingerprint density at radius 2 is 1.95 bits per heavy atom. The van der Waals surface area contributed by atoms with Crippen molar-refractivity contribution in [2.24, 2.45) is 0 Å². The maximum absolute atomic E-state index is 11.6. The maximum atomic E-state index is 11.6. The van der Waals surface area contributed by atoms with Crippen LogP contribution in [0.3, 0.4) is 0 Å². The highest BCUT2D eigenvalue weighted by Crippen LogP contribution is 2.27. The molecule has 5 nitrogen and oxygen atoms in total. The predicted molar refractivity (Wildman–Crippen MR) is 82.6 cm³/mol. The van der Waals surface area contributed by atoms with Gasteiger partial charge in [-0.1, -0.05) is 30.4 Å². The number of benzene rings is 1. The number of aryl methyl sites for hydroxylation is 1. The van der Waals surface area contributed by atoms with Gasteiger partial charge < -0.3 is 10.1 Å². The first-order valence-electron chi connectivity index (χ1n) is 6.51. The molecule has 0 aliphatic rings. The molecule has 1 aromatic carbocycles. The van der Waals surface area contributed by atoms with Gasteiger partial charge in [0.25, 0.3) is 0 Å². The molecule has 1 N–H and O–H groups in total. The van der Waals surface area contributed by atoms with E-state index in [0.717, 1.165) is 23.4 Å². The normalized spacial score (nSPS) is 10.2. The molecule has 1 heterocycles. The number of ketones is 1. The van der Waals surface area contributed by atoms with Crippen molar-refractivity contribution in [3.8, 4) is 0 Å². The second kappa shape index (κ2) is 6.49. The third-order valence-corrected chi connectivity index (χ3v) is 4.01. The van der Waals surface area contributed by atoms with Crippen molar-refractivity contribution in [1.82, 2.24) is 4.98 Å². The van der Waals surface area contributed by atoms with Crippen LogP contribution in [0.15, 0.2) is 24.3 Å². The highest BCUT2D eigenvalue weighted by Gasteiger charge is 2.21. The monoisotopic (exact) mass is 304 g/mol. The van der Waals surface area contributed by atoms with Gasteiger partial charge in [0.05, 0.1) is 7.11 Å². The van der Waals surface area contributed by atoms with Crippen LogP contribution in [0.1, 0.15) is 39.6 Å². The number of rotatable bonds is 5. The van der Waals surface area contributed by atoms with Gasteiger partial charge in [0, 0.05) is 12.6 Å². The van der Waals surface area contributed by atoms with E-state index in [4.69, 9.17) is 0 Å². The van der Waals surface area contributed by atoms with Crippen LogP contribution in [0.25, 0.3) is 0 Å². The van der Waals surface area contributed by atoms with Crippen LogP contribution in [-0.2, 0) is 11.2 Å². The molecule has 2 aromatic rings. The first-order valence-corrected chi connectivity index (χ1v) is 7.32. The lowest BCUT2D eigenvalue weighted by molar-refractivity contribution is 0.0591. The number of methoxy groups -OCH3 is 1. The molecule has 1 aromatic heterocycles. The summed E-state index contributed by atoms with van der Waals surface area (Å²) in [6.07, 6.45) is 0.971. The number of aromatic nitrogens is 1. The largest absolute Gasteiger partial charge is 0.464 e. The van der Waals surface area contributed by atoms with Gasteiger partial charge in [0.15, 0.2) is 16.6 Å². The third kappa shape index (κ3) is 3.46. The van der Waals surface area contributed by atoms with Gasteiger partial charge in [-0.05, 0) is 24.1 Å². The second-order valence-electron chi connectivity index (χ2n) is 4.42. The summed E-state index contributed by atoms with van der Waals surface area (Å²) in [5, 5.41) is 3.59. The minimum Gasteiger partial charge on any atom is -0.464 e. The molecule has 0 radical (unpaired) electrons. The number of carbonyl (C=O) groups is 2. The third-order valence-electron chi connectivity index (χ3n) is 2.94. The topological polar surface area (TPSA) is 68.3 Å². The quantitative estimate of drug-likeness (QED) is 0.677. The molecule has 0 saturated carbocycles. The number of Topliss-reactive ketones (excluding diaryl/α,β-unsaturated/α-hetero) is 1. The number of nitrogens with one attached hydrogen (secondary N) is 1. The summed E-state index contributed by atoms with van der Waals surface area (Å²) in [6, 6.07) is 7.91. The Labute approximate surface area is 127 Å². The number of carbonyl (C=O) groups excluding carboxylic acids is 2. The Kier molecular flexibility index (Phi) is 4.70. The molecule has 0 aliphatic heterocycles. The summed E-state index contributed by atoms with van der Waals surface area (Å²) in [5.74, 6) is -0.812. The Balaban J connectivity index is 2.27. The molecule has 0 unspecified atom stereocenters. The van der Waals surface area contributed by atoms with Gasteiger partial charge in [-0.2, -0.15) is 0 Å². The fourth-order valence-electron chi connectivity index (χ4n) is 1.79. The molecular weight excluding hydrogens is 288 g/mol. The van der Waals surface area contributed by atoms with E-state index in [1.807, 2.05) is 24.3 Å². The van der Waals surface area contributed by atoms with E-state index < -0.39 is 5.97 Å². The number of hydrogen-bond acceptors (Lipinski definition) is 6. The molecule has 0 atom stereocenters. The van der Waals surface area contributed by atoms with Gasteiger partial charge in [-0.15, -0.1) is 0 Å². The number of hydrogen-bond donors (Lipinski definition) is 1. The molecule has 6 heteroatoms. The number of nitrogens with zero attached hydrogens (tertiary/aromatic N) is 1. The Bertz CT molecular complexity index is 662. The number of anilines is 2. The first-order chi connectivity index (χ1) is 10.0. The van der Waals surface area contributed by atoms with Crippen LogP contribution in [0.2, 0.25) is 0 Å². The van der Waals surface area contributed by atoms with E-state index in [-0.39, 0.29) is 11.5 Å². The average Bonchev–Trinajstić information content (AvgIpc) is 2.91. The van der Waals surface area contributed by atoms with Crippen molar-refractivity contribution in [2.75, 3.05) is 12.4 Å². The highest BCUT2D eigenvalue weighted by molar-refractivity contribution is 7.17. The smallest absolute Gasteiger partial charge is 0.358 e. The zero-order valence-electron chi connectivity index (χ0n) is 12.1. The number of ether oxygens (including phenoxy) is 1. The summed E-state index contributed by atoms with van der Waals surface area (Å²) < 4.78 is 4.65. The molecule has 0 amide bonds. The van der Waals surface area contributed by atoms with Crippen LogP contribution >= 0.6 is 11.3 Å². The molecule has 110 valence electrons. The summed E-state index contributed by atoms with van der Waals surface area (Å²) in [5.41, 5.74) is 2.15. The lowest BCUT2D eigenvalue weighted by Crippen LogP contribution is -2.07. The van der Waals surface area contributed by atoms with Gasteiger partial charge in [-0.25, -0.2) is 9.78 Å². The molecule has 0 aliphatic carbocycles. The lowest BCUT2D eigenvalue weighted by atomic mass is 10.1. The van der Waals surface area contributed by atoms with Crippen LogP contribution in [0.5, 0.6) is 0 Å².